The second kappa shape index (κ2) is 4.84. The molecule has 0 unspecified atom stereocenters. The molecule has 0 saturated heterocycles. The molecule has 0 heterocycles. The van der Waals surface area contributed by atoms with Gasteiger partial charge in [0.05, 0.1) is 0 Å². The molecule has 2 fully saturated rings. The maximum absolute atomic E-state index is 11.9. The van der Waals surface area contributed by atoms with E-state index < -0.39 is 0 Å². The Kier molecular flexibility index (Phi) is 3.46. The standard InChI is InChI=1S/C11H21N3O/c12-7-2-8-14(10-5-6-10)11(15)13-9-3-1-4-9/h9-10H,1-8,12H2,(H,13,15). The van der Waals surface area contributed by atoms with Gasteiger partial charge >= 0.3 is 6.03 Å². The summed E-state index contributed by atoms with van der Waals surface area (Å²) in [4.78, 5) is 13.9. The summed E-state index contributed by atoms with van der Waals surface area (Å²) in [6, 6.07) is 1.07. The third-order valence-electron chi connectivity index (χ3n) is 3.28. The van der Waals surface area contributed by atoms with Crippen LogP contribution in [0.15, 0.2) is 0 Å². The number of rotatable bonds is 5. The average molecular weight is 211 g/mol. The van der Waals surface area contributed by atoms with Gasteiger partial charge in [0.2, 0.25) is 0 Å². The van der Waals surface area contributed by atoms with Crippen molar-refractivity contribution in [1.82, 2.24) is 10.2 Å². The van der Waals surface area contributed by atoms with Gasteiger partial charge in [-0.15, -0.1) is 0 Å². The normalized spacial score (nSPS) is 20.9. The minimum absolute atomic E-state index is 0.135. The molecule has 0 aliphatic heterocycles. The molecule has 2 aliphatic carbocycles. The van der Waals surface area contributed by atoms with Crippen LogP contribution < -0.4 is 11.1 Å². The molecule has 2 rings (SSSR count). The highest BCUT2D eigenvalue weighted by atomic mass is 16.2. The number of hydrogen-bond donors (Lipinski definition) is 2. The van der Waals surface area contributed by atoms with Crippen LogP contribution in [0.4, 0.5) is 4.79 Å². The van der Waals surface area contributed by atoms with Crippen molar-refractivity contribution in [2.24, 2.45) is 5.73 Å². The molecule has 2 saturated carbocycles. The number of nitrogens with one attached hydrogen (secondary N) is 1. The van der Waals surface area contributed by atoms with E-state index in [0.29, 0.717) is 18.6 Å². The third-order valence-corrected chi connectivity index (χ3v) is 3.28. The average Bonchev–Trinajstić information content (AvgIpc) is 2.96. The van der Waals surface area contributed by atoms with E-state index in [9.17, 15) is 4.79 Å². The minimum atomic E-state index is 0.135. The molecule has 4 nitrogen and oxygen atoms in total. The van der Waals surface area contributed by atoms with Gasteiger partial charge in [-0.05, 0) is 45.1 Å². The van der Waals surface area contributed by atoms with E-state index in [2.05, 4.69) is 5.32 Å². The first-order valence-corrected chi connectivity index (χ1v) is 6.08. The molecule has 0 aromatic rings. The summed E-state index contributed by atoms with van der Waals surface area (Å²) in [6.07, 6.45) is 6.82. The number of carbonyl (C=O) groups is 1. The molecule has 3 N–H and O–H groups in total. The third kappa shape index (κ3) is 2.84. The van der Waals surface area contributed by atoms with E-state index in [1.54, 1.807) is 0 Å². The molecule has 0 radical (unpaired) electrons. The Hall–Kier alpha value is -0.770. The van der Waals surface area contributed by atoms with Crippen LogP contribution in [0.25, 0.3) is 0 Å². The van der Waals surface area contributed by atoms with Gasteiger partial charge in [-0.25, -0.2) is 4.79 Å². The molecule has 2 amide bonds. The van der Waals surface area contributed by atoms with Gasteiger partial charge in [0.1, 0.15) is 0 Å². The fraction of sp³-hybridized carbons (Fsp3) is 0.909. The Morgan fingerprint density at radius 3 is 2.53 bits per heavy atom. The number of hydrogen-bond acceptors (Lipinski definition) is 2. The lowest BCUT2D eigenvalue weighted by atomic mass is 9.93. The second-order valence-electron chi connectivity index (χ2n) is 4.64. The van der Waals surface area contributed by atoms with Crippen molar-refractivity contribution >= 4 is 6.03 Å². The predicted octanol–water partition coefficient (Wildman–Crippen LogP) is 1.06. The van der Waals surface area contributed by atoms with Crippen molar-refractivity contribution in [2.75, 3.05) is 13.1 Å². The molecule has 4 heteroatoms. The molecule has 2 aliphatic rings. The minimum Gasteiger partial charge on any atom is -0.335 e. The summed E-state index contributed by atoms with van der Waals surface area (Å²) in [6.45, 7) is 1.49. The Balaban J connectivity index is 1.77. The first kappa shape index (κ1) is 10.7. The van der Waals surface area contributed by atoms with Gasteiger partial charge in [0.25, 0.3) is 0 Å². The van der Waals surface area contributed by atoms with Crippen molar-refractivity contribution in [2.45, 2.75) is 50.6 Å². The molecular weight excluding hydrogens is 190 g/mol. The van der Waals surface area contributed by atoms with Crippen molar-refractivity contribution in [3.05, 3.63) is 0 Å². The summed E-state index contributed by atoms with van der Waals surface area (Å²) >= 11 is 0. The van der Waals surface area contributed by atoms with Crippen LogP contribution in [-0.2, 0) is 0 Å². The van der Waals surface area contributed by atoms with Crippen molar-refractivity contribution < 1.29 is 4.79 Å². The first-order valence-electron chi connectivity index (χ1n) is 6.08. The molecule has 0 spiro atoms. The number of nitrogens with two attached hydrogens (primary N) is 1. The number of urea groups is 1. The zero-order chi connectivity index (χ0) is 10.7. The molecule has 15 heavy (non-hydrogen) atoms. The number of carbonyl (C=O) groups excluding carboxylic acids is 1. The van der Waals surface area contributed by atoms with Gasteiger partial charge in [0.15, 0.2) is 0 Å². The van der Waals surface area contributed by atoms with Gasteiger partial charge < -0.3 is 16.0 Å². The van der Waals surface area contributed by atoms with Crippen LogP contribution in [0.2, 0.25) is 0 Å². The fourth-order valence-corrected chi connectivity index (χ4v) is 1.91. The predicted molar refractivity (Wildman–Crippen MR) is 59.6 cm³/mol. The summed E-state index contributed by atoms with van der Waals surface area (Å²) in [5.41, 5.74) is 5.48. The summed E-state index contributed by atoms with van der Waals surface area (Å²) in [7, 11) is 0. The lowest BCUT2D eigenvalue weighted by molar-refractivity contribution is 0.183. The molecule has 0 bridgehead atoms. The van der Waals surface area contributed by atoms with Crippen LogP contribution in [0.5, 0.6) is 0 Å². The Morgan fingerprint density at radius 2 is 2.07 bits per heavy atom. The lowest BCUT2D eigenvalue weighted by Crippen LogP contribution is -2.48. The van der Waals surface area contributed by atoms with Crippen LogP contribution in [0.3, 0.4) is 0 Å². The highest BCUT2D eigenvalue weighted by Gasteiger charge is 2.33. The van der Waals surface area contributed by atoms with E-state index in [1.807, 2.05) is 4.90 Å². The number of amides is 2. The van der Waals surface area contributed by atoms with Crippen LogP contribution in [0, 0.1) is 0 Å². The molecule has 86 valence electrons. The van der Waals surface area contributed by atoms with E-state index in [1.165, 1.54) is 19.3 Å². The fourth-order valence-electron chi connectivity index (χ4n) is 1.91. The number of nitrogens with zero attached hydrogens (tertiary/aromatic N) is 1. The SMILES string of the molecule is NCCCN(C(=O)NC1CCC1)C1CC1. The topological polar surface area (TPSA) is 58.4 Å². The Labute approximate surface area is 91.2 Å². The summed E-state index contributed by atoms with van der Waals surface area (Å²) < 4.78 is 0. The summed E-state index contributed by atoms with van der Waals surface area (Å²) in [5.74, 6) is 0. The van der Waals surface area contributed by atoms with Crippen molar-refractivity contribution in [3.63, 3.8) is 0 Å². The Morgan fingerprint density at radius 1 is 1.33 bits per heavy atom. The van der Waals surface area contributed by atoms with E-state index in [-0.39, 0.29) is 6.03 Å². The summed E-state index contributed by atoms with van der Waals surface area (Å²) in [5, 5.41) is 3.09. The molecular formula is C11H21N3O. The van der Waals surface area contributed by atoms with Crippen LogP contribution in [-0.4, -0.2) is 36.1 Å². The van der Waals surface area contributed by atoms with Gasteiger partial charge in [-0.2, -0.15) is 0 Å². The van der Waals surface area contributed by atoms with E-state index >= 15 is 0 Å². The van der Waals surface area contributed by atoms with Gasteiger partial charge in [0, 0.05) is 18.6 Å². The maximum Gasteiger partial charge on any atom is 0.317 e. The highest BCUT2D eigenvalue weighted by Crippen LogP contribution is 2.27. The monoisotopic (exact) mass is 211 g/mol. The van der Waals surface area contributed by atoms with E-state index in [4.69, 9.17) is 5.73 Å². The van der Waals surface area contributed by atoms with E-state index in [0.717, 1.165) is 25.8 Å². The smallest absolute Gasteiger partial charge is 0.317 e. The molecule has 0 atom stereocenters. The largest absolute Gasteiger partial charge is 0.335 e. The zero-order valence-corrected chi connectivity index (χ0v) is 9.24. The first-order chi connectivity index (χ1) is 7.31. The van der Waals surface area contributed by atoms with Crippen LogP contribution >= 0.6 is 0 Å². The van der Waals surface area contributed by atoms with Crippen molar-refractivity contribution in [1.29, 1.82) is 0 Å². The maximum atomic E-state index is 11.9. The van der Waals surface area contributed by atoms with Crippen LogP contribution in [0.1, 0.15) is 38.5 Å². The highest BCUT2D eigenvalue weighted by molar-refractivity contribution is 5.75. The van der Waals surface area contributed by atoms with Gasteiger partial charge in [-0.3, -0.25) is 0 Å². The molecule has 0 aromatic carbocycles. The molecule has 0 aromatic heterocycles. The lowest BCUT2D eigenvalue weighted by Gasteiger charge is -2.30. The Bertz CT molecular complexity index is 224. The van der Waals surface area contributed by atoms with Gasteiger partial charge in [-0.1, -0.05) is 0 Å². The van der Waals surface area contributed by atoms with Crippen molar-refractivity contribution in [3.8, 4) is 0 Å². The zero-order valence-electron chi connectivity index (χ0n) is 9.24. The quantitative estimate of drug-likeness (QED) is 0.714. The second-order valence-corrected chi connectivity index (χ2v) is 4.64.